The van der Waals surface area contributed by atoms with E-state index in [-0.39, 0.29) is 0 Å². The second kappa shape index (κ2) is 5.06. The largest absolute Gasteiger partial charge is 0.397 e. The molecule has 1 aromatic heterocycles. The summed E-state index contributed by atoms with van der Waals surface area (Å²) in [5.74, 6) is 0. The first-order valence-electron chi connectivity index (χ1n) is 6.32. The lowest BCUT2D eigenvalue weighted by atomic mass is 10.1. The number of aromatic nitrogens is 1. The fourth-order valence-corrected chi connectivity index (χ4v) is 3.50. The zero-order chi connectivity index (χ0) is 14.4. The zero-order valence-electron chi connectivity index (χ0n) is 10.9. The quantitative estimate of drug-likeness (QED) is 0.634. The van der Waals surface area contributed by atoms with E-state index in [4.69, 9.17) is 5.73 Å². The van der Waals surface area contributed by atoms with Gasteiger partial charge in [0.2, 0.25) is 0 Å². The van der Waals surface area contributed by atoms with E-state index < -0.39 is 6.10 Å². The number of nitrogens with two attached hydrogens (primary N) is 1. The van der Waals surface area contributed by atoms with Crippen molar-refractivity contribution < 1.29 is 5.11 Å². The summed E-state index contributed by atoms with van der Waals surface area (Å²) in [5.41, 5.74) is 8.95. The van der Waals surface area contributed by atoms with Gasteiger partial charge < -0.3 is 15.4 Å². The van der Waals surface area contributed by atoms with Crippen molar-refractivity contribution in [2.75, 3.05) is 5.73 Å². The van der Waals surface area contributed by atoms with Crippen LogP contribution in [0.15, 0.2) is 39.3 Å². The Balaban J connectivity index is 2.49. The fourth-order valence-electron chi connectivity index (χ4n) is 2.66. The SMILES string of the molecule is CC(O)Cn1c2ccc(Br)cc2c2cc(Br)cc(N)c21. The summed E-state index contributed by atoms with van der Waals surface area (Å²) >= 11 is 7.01. The number of aliphatic hydroxyl groups excluding tert-OH is 1. The Bertz CT molecular complexity index is 809. The molecule has 0 amide bonds. The molecule has 0 aliphatic heterocycles. The summed E-state index contributed by atoms with van der Waals surface area (Å²) < 4.78 is 4.07. The summed E-state index contributed by atoms with van der Waals surface area (Å²) in [6, 6.07) is 10.1. The van der Waals surface area contributed by atoms with E-state index in [9.17, 15) is 5.11 Å². The van der Waals surface area contributed by atoms with Gasteiger partial charge in [0, 0.05) is 31.8 Å². The van der Waals surface area contributed by atoms with Crippen LogP contribution >= 0.6 is 31.9 Å². The highest BCUT2D eigenvalue weighted by Crippen LogP contribution is 2.36. The molecule has 0 spiro atoms. The Morgan fingerprint density at radius 1 is 1.15 bits per heavy atom. The van der Waals surface area contributed by atoms with Crippen molar-refractivity contribution in [3.05, 3.63) is 39.3 Å². The summed E-state index contributed by atoms with van der Waals surface area (Å²) in [6.07, 6.45) is -0.430. The highest BCUT2D eigenvalue weighted by atomic mass is 79.9. The van der Waals surface area contributed by atoms with Crippen molar-refractivity contribution in [1.29, 1.82) is 0 Å². The van der Waals surface area contributed by atoms with Gasteiger partial charge in [-0.1, -0.05) is 31.9 Å². The van der Waals surface area contributed by atoms with Crippen LogP contribution in [0, 0.1) is 0 Å². The number of halogens is 2. The number of nitrogen functional groups attached to an aromatic ring is 1. The Morgan fingerprint density at radius 3 is 2.55 bits per heavy atom. The first-order chi connectivity index (χ1) is 9.47. The Kier molecular flexibility index (Phi) is 3.52. The molecule has 3 nitrogen and oxygen atoms in total. The molecule has 1 heterocycles. The summed E-state index contributed by atoms with van der Waals surface area (Å²) in [5, 5.41) is 12.0. The molecule has 104 valence electrons. The van der Waals surface area contributed by atoms with Gasteiger partial charge in [0.1, 0.15) is 0 Å². The van der Waals surface area contributed by atoms with Crippen LogP contribution in [0.25, 0.3) is 21.8 Å². The summed E-state index contributed by atoms with van der Waals surface area (Å²) in [4.78, 5) is 0. The zero-order valence-corrected chi connectivity index (χ0v) is 14.1. The second-order valence-corrected chi connectivity index (χ2v) is 6.84. The molecule has 20 heavy (non-hydrogen) atoms. The van der Waals surface area contributed by atoms with Crippen LogP contribution in [0.4, 0.5) is 5.69 Å². The van der Waals surface area contributed by atoms with Gasteiger partial charge in [-0.2, -0.15) is 0 Å². The number of hydrogen-bond donors (Lipinski definition) is 2. The smallest absolute Gasteiger partial charge is 0.0726 e. The van der Waals surface area contributed by atoms with Crippen molar-refractivity contribution in [2.24, 2.45) is 0 Å². The second-order valence-electron chi connectivity index (χ2n) is 5.01. The van der Waals surface area contributed by atoms with E-state index in [0.717, 1.165) is 30.8 Å². The van der Waals surface area contributed by atoms with Crippen molar-refractivity contribution in [1.82, 2.24) is 4.57 Å². The minimum Gasteiger partial charge on any atom is -0.397 e. The van der Waals surface area contributed by atoms with Crippen molar-refractivity contribution in [3.8, 4) is 0 Å². The van der Waals surface area contributed by atoms with Crippen molar-refractivity contribution in [2.45, 2.75) is 19.6 Å². The molecular formula is C15H14Br2N2O. The van der Waals surface area contributed by atoms with E-state index in [1.165, 1.54) is 0 Å². The Morgan fingerprint density at radius 2 is 1.85 bits per heavy atom. The molecule has 1 unspecified atom stereocenters. The van der Waals surface area contributed by atoms with E-state index >= 15 is 0 Å². The van der Waals surface area contributed by atoms with Gasteiger partial charge in [-0.25, -0.2) is 0 Å². The van der Waals surface area contributed by atoms with Gasteiger partial charge in [-0.3, -0.25) is 0 Å². The first-order valence-corrected chi connectivity index (χ1v) is 7.90. The van der Waals surface area contributed by atoms with Gasteiger partial charge in [-0.15, -0.1) is 0 Å². The first kappa shape index (κ1) is 13.9. The number of hydrogen-bond acceptors (Lipinski definition) is 2. The molecule has 0 radical (unpaired) electrons. The minimum atomic E-state index is -0.430. The number of benzene rings is 2. The maximum absolute atomic E-state index is 9.76. The Labute approximate surface area is 133 Å². The number of rotatable bonds is 2. The molecule has 5 heteroatoms. The molecule has 3 aromatic rings. The highest BCUT2D eigenvalue weighted by molar-refractivity contribution is 9.10. The molecule has 0 saturated carbocycles. The minimum absolute atomic E-state index is 0.430. The number of fused-ring (bicyclic) bond motifs is 3. The van der Waals surface area contributed by atoms with E-state index in [1.807, 2.05) is 12.1 Å². The molecular weight excluding hydrogens is 384 g/mol. The van der Waals surface area contributed by atoms with Crippen molar-refractivity contribution >= 4 is 59.4 Å². The number of aliphatic hydroxyl groups is 1. The van der Waals surface area contributed by atoms with Gasteiger partial charge in [-0.05, 0) is 37.3 Å². The molecule has 3 rings (SSSR count). The van der Waals surface area contributed by atoms with Crippen LogP contribution in [-0.4, -0.2) is 15.8 Å². The number of nitrogens with zero attached hydrogens (tertiary/aromatic N) is 1. The van der Waals surface area contributed by atoms with E-state index in [1.54, 1.807) is 6.92 Å². The molecule has 0 saturated heterocycles. The topological polar surface area (TPSA) is 51.2 Å². The third kappa shape index (κ3) is 2.24. The average molecular weight is 398 g/mol. The average Bonchev–Trinajstić information content (AvgIpc) is 2.63. The summed E-state index contributed by atoms with van der Waals surface area (Å²) in [7, 11) is 0. The van der Waals surface area contributed by atoms with Crippen LogP contribution < -0.4 is 5.73 Å². The van der Waals surface area contributed by atoms with Gasteiger partial charge in [0.05, 0.1) is 17.3 Å². The van der Waals surface area contributed by atoms with E-state index in [2.05, 4.69) is 54.6 Å². The monoisotopic (exact) mass is 396 g/mol. The summed E-state index contributed by atoms with van der Waals surface area (Å²) in [6.45, 7) is 2.30. The predicted octanol–water partition coefficient (Wildman–Crippen LogP) is 4.28. The molecule has 0 aliphatic rings. The maximum Gasteiger partial charge on any atom is 0.0726 e. The van der Waals surface area contributed by atoms with Crippen LogP contribution in [0.5, 0.6) is 0 Å². The standard InChI is InChI=1S/C15H14Br2N2O/c1-8(20)7-19-14-3-2-9(16)4-11(14)12-5-10(17)6-13(18)15(12)19/h2-6,8,20H,7,18H2,1H3. The molecule has 2 aromatic carbocycles. The van der Waals surface area contributed by atoms with Gasteiger partial charge in [0.25, 0.3) is 0 Å². The normalized spacial score (nSPS) is 13.2. The van der Waals surface area contributed by atoms with Crippen LogP contribution in [0.3, 0.4) is 0 Å². The molecule has 1 atom stereocenters. The molecule has 0 bridgehead atoms. The predicted molar refractivity (Wildman–Crippen MR) is 90.9 cm³/mol. The van der Waals surface area contributed by atoms with Crippen molar-refractivity contribution in [3.63, 3.8) is 0 Å². The lowest BCUT2D eigenvalue weighted by molar-refractivity contribution is 0.176. The number of anilines is 1. The third-order valence-electron chi connectivity index (χ3n) is 3.36. The lowest BCUT2D eigenvalue weighted by Crippen LogP contribution is -2.12. The van der Waals surface area contributed by atoms with Crippen LogP contribution in [0.2, 0.25) is 0 Å². The highest BCUT2D eigenvalue weighted by Gasteiger charge is 2.15. The van der Waals surface area contributed by atoms with Gasteiger partial charge in [0.15, 0.2) is 0 Å². The molecule has 3 N–H and O–H groups in total. The van der Waals surface area contributed by atoms with Crippen LogP contribution in [-0.2, 0) is 6.54 Å². The molecule has 0 aliphatic carbocycles. The lowest BCUT2D eigenvalue weighted by Gasteiger charge is -2.11. The molecule has 0 fully saturated rings. The van der Waals surface area contributed by atoms with Gasteiger partial charge >= 0.3 is 0 Å². The van der Waals surface area contributed by atoms with E-state index in [0.29, 0.717) is 12.2 Å². The third-order valence-corrected chi connectivity index (χ3v) is 4.31. The maximum atomic E-state index is 9.76. The van der Waals surface area contributed by atoms with Crippen LogP contribution in [0.1, 0.15) is 6.92 Å². The fraction of sp³-hybridized carbons (Fsp3) is 0.200. The Hall–Kier alpha value is -1.04.